The third-order valence-corrected chi connectivity index (χ3v) is 1.23. The van der Waals surface area contributed by atoms with Gasteiger partial charge in [-0.25, -0.2) is 0 Å². The molecule has 0 bridgehead atoms. The van der Waals surface area contributed by atoms with Crippen molar-refractivity contribution in [2.75, 3.05) is 0 Å². The molecule has 1 heteroatoms. The van der Waals surface area contributed by atoms with E-state index < -0.39 is 48.0 Å². The van der Waals surface area contributed by atoms with Crippen molar-refractivity contribution >= 4 is 10.8 Å². The van der Waals surface area contributed by atoms with E-state index in [9.17, 15) is 0 Å². The number of benzene rings is 2. The van der Waals surface area contributed by atoms with E-state index in [1.54, 1.807) is 0 Å². The lowest BCUT2D eigenvalue weighted by atomic mass is 10.1. The monoisotopic (exact) mass is 152 g/mol. The molecule has 2 aromatic carbocycles. The fourth-order valence-corrected chi connectivity index (χ4v) is 0.764. The van der Waals surface area contributed by atoms with E-state index in [1.165, 1.54) is 0 Å². The second-order valence-corrected chi connectivity index (χ2v) is 1.95. The number of phenolic OH excluding ortho intramolecular Hbond substituents is 1. The number of hydrogen-bond acceptors (Lipinski definition) is 1. The van der Waals surface area contributed by atoms with Gasteiger partial charge in [-0.3, -0.25) is 0 Å². The Morgan fingerprint density at radius 3 is 2.73 bits per heavy atom. The van der Waals surface area contributed by atoms with Crippen LogP contribution in [-0.2, 0) is 0 Å². The van der Waals surface area contributed by atoms with Gasteiger partial charge in [0.05, 0.1) is 9.60 Å². The molecule has 0 aliphatic carbocycles. The van der Waals surface area contributed by atoms with Crippen LogP contribution in [0.3, 0.4) is 0 Å². The summed E-state index contributed by atoms with van der Waals surface area (Å²) in [6.07, 6.45) is 0. The summed E-state index contributed by atoms with van der Waals surface area (Å²) in [5.74, 6) is -0.498. The molecule has 0 spiro atoms. The third kappa shape index (κ3) is 1.05. The Hall–Kier alpha value is -1.50. The fourth-order valence-electron chi connectivity index (χ4n) is 0.764. The van der Waals surface area contributed by atoms with E-state index in [-0.39, 0.29) is 10.8 Å². The van der Waals surface area contributed by atoms with E-state index in [4.69, 9.17) is 11.0 Å². The van der Waals surface area contributed by atoms with Crippen LogP contribution in [-0.4, -0.2) is 6.54 Å². The maximum absolute atomic E-state index is 7.79. The lowest BCUT2D eigenvalue weighted by Crippen LogP contribution is -1.69. The van der Waals surface area contributed by atoms with Crippen molar-refractivity contribution in [3.8, 4) is 5.75 Å². The van der Waals surface area contributed by atoms with Gasteiger partial charge in [-0.15, -0.1) is 0 Å². The van der Waals surface area contributed by atoms with E-state index in [2.05, 4.69) is 5.11 Å². The summed E-state index contributed by atoms with van der Waals surface area (Å²) < 4.78 is 60.5. The van der Waals surface area contributed by atoms with Crippen molar-refractivity contribution in [3.63, 3.8) is 0 Å². The van der Waals surface area contributed by atoms with E-state index in [1.807, 2.05) is 0 Å². The molecule has 0 unspecified atom stereocenters. The second kappa shape index (κ2) is 2.27. The van der Waals surface area contributed by atoms with Crippen molar-refractivity contribution in [1.82, 2.24) is 0 Å². The molecule has 0 radical (unpaired) electrons. The van der Waals surface area contributed by atoms with Crippen molar-refractivity contribution in [1.29, 1.82) is 1.43 Å². The molecule has 0 aliphatic heterocycles. The lowest BCUT2D eigenvalue weighted by molar-refractivity contribution is 0.476. The molecule has 0 saturated heterocycles. The van der Waals surface area contributed by atoms with Crippen LogP contribution in [0.1, 0.15) is 9.60 Å². The molecule has 0 amide bonds. The lowest BCUT2D eigenvalue weighted by Gasteiger charge is -1.96. The molecule has 0 saturated carbocycles. The first-order valence-electron chi connectivity index (χ1n) is 6.86. The third-order valence-electron chi connectivity index (χ3n) is 1.23. The van der Waals surface area contributed by atoms with Crippen LogP contribution in [0.4, 0.5) is 0 Å². The average molecular weight is 152 g/mol. The molecular formula is C10H8O. The molecule has 1 N–H and O–H groups in total. The maximum atomic E-state index is 7.79. The van der Waals surface area contributed by atoms with Gasteiger partial charge in [0.1, 0.15) is 5.75 Å². The van der Waals surface area contributed by atoms with Gasteiger partial charge in [-0.05, 0) is 22.9 Å². The first kappa shape index (κ1) is 2.01. The molecule has 54 valence electrons. The van der Waals surface area contributed by atoms with Crippen molar-refractivity contribution in [2.45, 2.75) is 0 Å². The summed E-state index contributed by atoms with van der Waals surface area (Å²) in [4.78, 5) is 0. The number of rotatable bonds is 1. The Morgan fingerprint density at radius 1 is 1.09 bits per heavy atom. The van der Waals surface area contributed by atoms with E-state index >= 15 is 0 Å². The van der Waals surface area contributed by atoms with Crippen LogP contribution < -0.4 is 0 Å². The smallest absolute Gasteiger partial charge is 0.293 e. The first-order valence-corrected chi connectivity index (χ1v) is 2.95. The van der Waals surface area contributed by atoms with Gasteiger partial charge in [0.15, 0.2) is 0 Å². The maximum Gasteiger partial charge on any atom is 0.293 e. The molecule has 2 aromatic rings. The summed E-state index contributed by atoms with van der Waals surface area (Å²) in [6.45, 7) is 0. The molecule has 0 fully saturated rings. The van der Waals surface area contributed by atoms with Crippen molar-refractivity contribution in [3.05, 3.63) is 42.3 Å². The Labute approximate surface area is 76.2 Å². The number of aromatic hydroxyl groups is 1. The normalized spacial score (nSPS) is 20.0. The molecule has 0 atom stereocenters. The van der Waals surface area contributed by atoms with Crippen LogP contribution in [0, 0.1) is 0 Å². The Bertz CT molecular complexity index is 696. The molecule has 0 aromatic heterocycles. The standard InChI is InChI=1S/C10H8O/c11-10-6-5-8-3-1-2-4-9(8)7-10/h1-7,11H/i1D,2D,3D,4D,5D,6D,7D/hD. The average Bonchev–Trinajstić information content (AvgIpc) is 2.38. The number of fused-ring (bicyclic) bond motifs is 1. The minimum atomic E-state index is -0.544. The summed E-state index contributed by atoms with van der Waals surface area (Å²) in [5.41, 5.74) is 0. The summed E-state index contributed by atoms with van der Waals surface area (Å²) in [7, 11) is 0. The minimum Gasteiger partial charge on any atom is -0.508 e. The quantitative estimate of drug-likeness (QED) is 0.665. The molecule has 0 heterocycles. The predicted octanol–water partition coefficient (Wildman–Crippen LogP) is 2.55. The number of hydrogen-bond donors (Lipinski definition) is 1. The topological polar surface area (TPSA) is 20.2 Å². The van der Waals surface area contributed by atoms with Crippen LogP contribution in [0.25, 0.3) is 10.8 Å². The van der Waals surface area contributed by atoms with E-state index in [0.717, 1.165) is 0 Å². The van der Waals surface area contributed by atoms with Crippen LogP contribution in [0.2, 0.25) is 0 Å². The van der Waals surface area contributed by atoms with E-state index in [0.29, 0.717) is 0 Å². The zero-order valence-electron chi connectivity index (χ0n) is 13.4. The SMILES string of the molecule is [2H]Oc1c([2H])c([2H])c2c([2H])c([2H])c([2H])c([2H])c2c1[2H]. The predicted molar refractivity (Wildman–Crippen MR) is 45.6 cm³/mol. The van der Waals surface area contributed by atoms with Crippen molar-refractivity contribution < 1.29 is 14.7 Å². The zero-order chi connectivity index (χ0) is 14.5. The van der Waals surface area contributed by atoms with Gasteiger partial charge in [-0.1, -0.05) is 30.2 Å². The van der Waals surface area contributed by atoms with Crippen molar-refractivity contribution in [2.24, 2.45) is 0 Å². The van der Waals surface area contributed by atoms with Gasteiger partial charge in [0.25, 0.3) is 1.43 Å². The molecule has 11 heavy (non-hydrogen) atoms. The Balaban J connectivity index is 3.18. The van der Waals surface area contributed by atoms with Crippen LogP contribution in [0.5, 0.6) is 5.75 Å². The summed E-state index contributed by atoms with van der Waals surface area (Å²) in [6, 6.07) is -3.52. The highest BCUT2D eigenvalue weighted by atomic mass is 16.3. The van der Waals surface area contributed by atoms with Gasteiger partial charge in [-0.2, -0.15) is 0 Å². The fraction of sp³-hybridized carbons (Fsp3) is 0. The summed E-state index contributed by atoms with van der Waals surface area (Å²) in [5, 5.41) is 3.71. The Kier molecular flexibility index (Phi) is 0.415. The molecule has 2 rings (SSSR count). The molecular weight excluding hydrogens is 136 g/mol. The van der Waals surface area contributed by atoms with Gasteiger partial charge < -0.3 is 5.11 Å². The summed E-state index contributed by atoms with van der Waals surface area (Å²) >= 11 is 0. The first-order chi connectivity index (χ1) is 8.82. The largest absolute Gasteiger partial charge is 0.508 e. The second-order valence-electron chi connectivity index (χ2n) is 1.95. The number of phenols is 1. The van der Waals surface area contributed by atoms with Gasteiger partial charge in [0, 0.05) is 0 Å². The molecule has 1 nitrogen and oxygen atoms in total. The van der Waals surface area contributed by atoms with Gasteiger partial charge >= 0.3 is 0 Å². The highest BCUT2D eigenvalue weighted by Crippen LogP contribution is 2.18. The van der Waals surface area contributed by atoms with Gasteiger partial charge in [0.2, 0.25) is 0 Å². The highest BCUT2D eigenvalue weighted by Gasteiger charge is 1.91. The molecule has 0 aliphatic rings. The minimum absolute atomic E-state index is 0.207. The highest BCUT2D eigenvalue weighted by molar-refractivity contribution is 5.83. The zero-order valence-corrected chi connectivity index (χ0v) is 5.41. The van der Waals surface area contributed by atoms with Crippen LogP contribution in [0.15, 0.2) is 42.3 Å². The Morgan fingerprint density at radius 2 is 1.91 bits per heavy atom. The van der Waals surface area contributed by atoms with Crippen LogP contribution >= 0.6 is 0 Å².